The number of amides is 4. The number of anilines is 1. The van der Waals surface area contributed by atoms with E-state index in [1.54, 1.807) is 40.1 Å². The zero-order chi connectivity index (χ0) is 38.4. The second-order valence-electron chi connectivity index (χ2n) is 12.7. The number of benzene rings is 2. The molecule has 288 valence electrons. The minimum Gasteiger partial charge on any atom is -0.462 e. The maximum atomic E-state index is 14.3. The molecule has 4 aliphatic heterocycles. The number of morpholine rings is 2. The number of hydrazone groups is 1. The van der Waals surface area contributed by atoms with Gasteiger partial charge in [0.15, 0.2) is 29.4 Å². The summed E-state index contributed by atoms with van der Waals surface area (Å²) in [5.74, 6) is -1.93. The number of nitrogens with zero attached hydrogens (tertiary/aromatic N) is 6. The fourth-order valence-electron chi connectivity index (χ4n) is 6.70. The Balaban J connectivity index is 1.53. The van der Waals surface area contributed by atoms with Crippen LogP contribution in [0.15, 0.2) is 65.8 Å². The van der Waals surface area contributed by atoms with Crippen LogP contribution >= 0.6 is 12.2 Å². The number of carbonyl (C=O) groups is 5. The topological polar surface area (TPSA) is 169 Å². The Hall–Kier alpha value is -5.17. The lowest BCUT2D eigenvalue weighted by atomic mass is 10.0. The molecule has 4 saturated heterocycles. The van der Waals surface area contributed by atoms with Crippen molar-refractivity contribution in [3.05, 3.63) is 66.2 Å². The first-order valence-electron chi connectivity index (χ1n) is 17.5. The Morgan fingerprint density at radius 1 is 0.815 bits per heavy atom. The van der Waals surface area contributed by atoms with Gasteiger partial charge in [0.05, 0.1) is 26.4 Å². The third kappa shape index (κ3) is 8.46. The first kappa shape index (κ1) is 38.6. The Kier molecular flexibility index (Phi) is 12.4. The maximum absolute atomic E-state index is 14.3. The summed E-state index contributed by atoms with van der Waals surface area (Å²) < 4.78 is 34.4. The smallest absolute Gasteiger partial charge is 0.349 e. The fraction of sp³-hybridized carbons (Fsp3) is 0.472. The van der Waals surface area contributed by atoms with Gasteiger partial charge in [0.25, 0.3) is 0 Å². The minimum atomic E-state index is -1.22. The number of fused-ring (bicyclic) bond motifs is 1. The molecule has 17 nitrogen and oxygen atoms in total. The minimum absolute atomic E-state index is 0.0719. The molecule has 2 aromatic rings. The number of hydrogen-bond acceptors (Lipinski definition) is 13. The molecule has 4 fully saturated rings. The van der Waals surface area contributed by atoms with Gasteiger partial charge in [0, 0.05) is 58.2 Å². The molecule has 0 N–H and O–H groups in total. The Morgan fingerprint density at radius 2 is 1.37 bits per heavy atom. The zero-order valence-corrected chi connectivity index (χ0v) is 30.9. The van der Waals surface area contributed by atoms with Gasteiger partial charge in [0.2, 0.25) is 0 Å². The predicted molar refractivity (Wildman–Crippen MR) is 194 cm³/mol. The Morgan fingerprint density at radius 3 is 1.89 bits per heavy atom. The van der Waals surface area contributed by atoms with Crippen LogP contribution in [0.2, 0.25) is 0 Å². The van der Waals surface area contributed by atoms with E-state index in [0.29, 0.717) is 11.3 Å². The molecule has 54 heavy (non-hydrogen) atoms. The highest BCUT2D eigenvalue weighted by Gasteiger charge is 2.62. The van der Waals surface area contributed by atoms with Crippen LogP contribution in [0.4, 0.5) is 15.3 Å². The maximum Gasteiger partial charge on any atom is 0.349 e. The summed E-state index contributed by atoms with van der Waals surface area (Å²) in [5, 5.41) is 5.84. The average Bonchev–Trinajstić information content (AvgIpc) is 3.66. The van der Waals surface area contributed by atoms with E-state index in [2.05, 4.69) is 0 Å². The van der Waals surface area contributed by atoms with E-state index in [1.807, 2.05) is 30.3 Å². The third-order valence-corrected chi connectivity index (χ3v) is 9.46. The molecule has 4 amide bonds. The molecule has 2 aromatic carbocycles. The van der Waals surface area contributed by atoms with Crippen LogP contribution in [0, 0.1) is 0 Å². The van der Waals surface area contributed by atoms with E-state index in [9.17, 15) is 24.0 Å². The molecule has 4 heterocycles. The number of rotatable bonds is 8. The Bertz CT molecular complexity index is 1710. The summed E-state index contributed by atoms with van der Waals surface area (Å²) >= 11 is 6.19. The van der Waals surface area contributed by atoms with E-state index in [0.717, 1.165) is 5.01 Å². The van der Waals surface area contributed by atoms with E-state index in [1.165, 1.54) is 30.6 Å². The predicted octanol–water partition coefficient (Wildman–Crippen LogP) is 2.18. The summed E-state index contributed by atoms with van der Waals surface area (Å²) in [4.78, 5) is 72.0. The first-order valence-corrected chi connectivity index (χ1v) is 17.9. The van der Waals surface area contributed by atoms with E-state index in [-0.39, 0.29) is 63.6 Å². The summed E-state index contributed by atoms with van der Waals surface area (Å²) in [7, 11) is 0. The quantitative estimate of drug-likeness (QED) is 0.0957. The number of carbonyl (C=O) groups excluding carboxylic acids is 5. The summed E-state index contributed by atoms with van der Waals surface area (Å²) in [6, 6.07) is 15.5. The number of para-hydroxylation sites is 1. The monoisotopic (exact) mass is 766 g/mol. The van der Waals surface area contributed by atoms with Crippen LogP contribution in [-0.4, -0.2) is 150 Å². The largest absolute Gasteiger partial charge is 0.462 e. The van der Waals surface area contributed by atoms with Gasteiger partial charge in [-0.3, -0.25) is 24.2 Å². The summed E-state index contributed by atoms with van der Waals surface area (Å²) in [6.45, 7) is 5.31. The van der Waals surface area contributed by atoms with Crippen molar-refractivity contribution in [3.8, 4) is 0 Å². The number of ether oxygens (including phenoxy) is 6. The zero-order valence-electron chi connectivity index (χ0n) is 30.1. The molecule has 0 spiro atoms. The summed E-state index contributed by atoms with van der Waals surface area (Å²) in [6.07, 6.45) is -4.61. The SMILES string of the molecule is CC(=O)OC[C@@H](OC(C)=O)[C@H]1O[C@H]2[C@@H]([C@H]1OC(C)=O)N(/C(=N/N(C(=O)N1CCOCC1)C(=O)N1CCOCC1)c1ccccc1)C(=S)N2c1ccccc1. The number of hydrogen-bond donors (Lipinski definition) is 0. The van der Waals surface area contributed by atoms with Crippen molar-refractivity contribution in [1.82, 2.24) is 19.7 Å². The highest BCUT2D eigenvalue weighted by molar-refractivity contribution is 7.80. The van der Waals surface area contributed by atoms with Crippen LogP contribution in [0.25, 0.3) is 0 Å². The molecule has 0 unspecified atom stereocenters. The standard InChI is InChI=1S/C36H42N6O11S/c1-23(43)50-22-28(51-24(2)44)30-31(52-25(3)45)29-33(53-30)40(27-12-8-5-9-13-27)36(54)41(29)32(26-10-6-4-7-11-26)37-42(34(46)38-14-18-48-19-15-38)35(47)39-16-20-49-21-17-39/h4-13,28-31,33H,14-22H2,1-3H3/b37-32+/t28-,29-,30-,31-,33+/m1/s1. The lowest BCUT2D eigenvalue weighted by Gasteiger charge is -2.36. The van der Waals surface area contributed by atoms with Crippen molar-refractivity contribution in [1.29, 1.82) is 0 Å². The van der Waals surface area contributed by atoms with Crippen LogP contribution in [0.1, 0.15) is 26.3 Å². The normalized spacial score (nSPS) is 23.4. The van der Waals surface area contributed by atoms with Crippen LogP contribution in [0.5, 0.6) is 0 Å². The highest BCUT2D eigenvalue weighted by Crippen LogP contribution is 2.42. The second-order valence-corrected chi connectivity index (χ2v) is 13.1. The molecule has 18 heteroatoms. The molecule has 0 saturated carbocycles. The Labute approximate surface area is 317 Å². The van der Waals surface area contributed by atoms with Crippen molar-refractivity contribution < 1.29 is 52.4 Å². The molecule has 0 bridgehead atoms. The molecular weight excluding hydrogens is 724 g/mol. The van der Waals surface area contributed by atoms with Gasteiger partial charge in [-0.2, -0.15) is 0 Å². The molecule has 5 atom stereocenters. The van der Waals surface area contributed by atoms with Gasteiger partial charge in [-0.25, -0.2) is 9.59 Å². The molecular formula is C36H42N6O11S. The van der Waals surface area contributed by atoms with E-state index < -0.39 is 67.2 Å². The molecule has 4 aliphatic rings. The fourth-order valence-corrected chi connectivity index (χ4v) is 7.12. The van der Waals surface area contributed by atoms with Crippen molar-refractivity contribution in [2.75, 3.05) is 64.1 Å². The lowest BCUT2D eigenvalue weighted by Crippen LogP contribution is -2.55. The molecule has 6 rings (SSSR count). The van der Waals surface area contributed by atoms with Crippen molar-refractivity contribution in [3.63, 3.8) is 0 Å². The van der Waals surface area contributed by atoms with Gasteiger partial charge < -0.3 is 38.2 Å². The molecule has 0 aliphatic carbocycles. The van der Waals surface area contributed by atoms with E-state index in [4.69, 9.17) is 45.7 Å². The van der Waals surface area contributed by atoms with E-state index >= 15 is 0 Å². The van der Waals surface area contributed by atoms with Gasteiger partial charge in [-0.1, -0.05) is 48.5 Å². The third-order valence-electron chi connectivity index (χ3n) is 9.07. The van der Waals surface area contributed by atoms with Crippen molar-refractivity contribution >= 4 is 58.8 Å². The number of amidine groups is 1. The van der Waals surface area contributed by atoms with Gasteiger partial charge >= 0.3 is 30.0 Å². The van der Waals surface area contributed by atoms with Crippen molar-refractivity contribution in [2.24, 2.45) is 5.10 Å². The van der Waals surface area contributed by atoms with Gasteiger partial charge in [-0.05, 0) is 24.4 Å². The summed E-state index contributed by atoms with van der Waals surface area (Å²) in [5.41, 5.74) is 1.06. The molecule has 0 radical (unpaired) electrons. The average molecular weight is 767 g/mol. The molecule has 0 aromatic heterocycles. The lowest BCUT2D eigenvalue weighted by molar-refractivity contribution is -0.174. The van der Waals surface area contributed by atoms with Crippen LogP contribution in [-0.2, 0) is 42.8 Å². The van der Waals surface area contributed by atoms with Gasteiger partial charge in [-0.15, -0.1) is 10.1 Å². The second kappa shape index (κ2) is 17.3. The number of urea groups is 2. The first-order chi connectivity index (χ1) is 26.0. The van der Waals surface area contributed by atoms with Crippen LogP contribution < -0.4 is 4.90 Å². The number of imide groups is 1. The highest BCUT2D eigenvalue weighted by atomic mass is 32.1. The van der Waals surface area contributed by atoms with Crippen molar-refractivity contribution in [2.45, 2.75) is 51.4 Å². The van der Waals surface area contributed by atoms with Gasteiger partial charge in [0.1, 0.15) is 18.8 Å². The number of esters is 3. The number of thiocarbonyl (C=S) groups is 1. The van der Waals surface area contributed by atoms with Crippen LogP contribution in [0.3, 0.4) is 0 Å².